The molecule has 0 atom stereocenters. The monoisotopic (exact) mass is 450 g/mol. The number of para-hydroxylation sites is 2. The zero-order valence-electron chi connectivity index (χ0n) is 18.1. The molecule has 0 aliphatic carbocycles. The molecule has 0 unspecified atom stereocenters. The summed E-state index contributed by atoms with van der Waals surface area (Å²) in [7, 11) is 0. The van der Waals surface area contributed by atoms with Crippen LogP contribution >= 0.6 is 11.3 Å². The lowest BCUT2D eigenvalue weighted by molar-refractivity contribution is 0.890. The van der Waals surface area contributed by atoms with Crippen molar-refractivity contribution in [2.45, 2.75) is 19.8 Å². The highest BCUT2D eigenvalue weighted by atomic mass is 32.1. The summed E-state index contributed by atoms with van der Waals surface area (Å²) in [6.45, 7) is 2.10. The molecular formula is C26H22N6S. The van der Waals surface area contributed by atoms with Crippen LogP contribution in [0.15, 0.2) is 72.2 Å². The van der Waals surface area contributed by atoms with Crippen molar-refractivity contribution >= 4 is 45.0 Å². The standard InChI is InChI=1S/C26H22N6S/c1-16-14-22(33-15-16)24-19-12-13-27-25(19)32-26(31-24)28-18-9-6-17(7-10-18)8-11-23-29-20-4-2-3-5-21(20)30-23/h2-7,9-10,12-15H,8,11H2,1H3,(H,29,30)(H2,27,28,31,32). The van der Waals surface area contributed by atoms with E-state index in [0.717, 1.165) is 57.0 Å². The maximum absolute atomic E-state index is 4.83. The van der Waals surface area contributed by atoms with Gasteiger partial charge >= 0.3 is 0 Å². The highest BCUT2D eigenvalue weighted by Crippen LogP contribution is 2.32. The Labute approximate surface area is 194 Å². The van der Waals surface area contributed by atoms with Gasteiger partial charge in [0.05, 0.1) is 21.6 Å². The van der Waals surface area contributed by atoms with Crippen LogP contribution in [0.4, 0.5) is 11.6 Å². The molecule has 7 heteroatoms. The van der Waals surface area contributed by atoms with E-state index >= 15 is 0 Å². The van der Waals surface area contributed by atoms with E-state index in [1.165, 1.54) is 11.1 Å². The van der Waals surface area contributed by atoms with Gasteiger partial charge in [-0.1, -0.05) is 24.3 Å². The Morgan fingerprint density at radius 1 is 0.939 bits per heavy atom. The van der Waals surface area contributed by atoms with Gasteiger partial charge in [-0.25, -0.2) is 9.97 Å². The van der Waals surface area contributed by atoms with Gasteiger partial charge in [-0.3, -0.25) is 0 Å². The number of nitrogens with one attached hydrogen (secondary N) is 3. The fourth-order valence-electron chi connectivity index (χ4n) is 4.01. The number of hydrogen-bond donors (Lipinski definition) is 3. The van der Waals surface area contributed by atoms with E-state index < -0.39 is 0 Å². The number of aryl methyl sites for hydroxylation is 3. The molecule has 0 saturated carbocycles. The molecule has 2 aromatic carbocycles. The maximum Gasteiger partial charge on any atom is 0.229 e. The predicted octanol–water partition coefficient (Wildman–Crippen LogP) is 6.40. The van der Waals surface area contributed by atoms with Crippen LogP contribution in [-0.4, -0.2) is 24.9 Å². The predicted molar refractivity (Wildman–Crippen MR) is 135 cm³/mol. The lowest BCUT2D eigenvalue weighted by Crippen LogP contribution is -1.99. The van der Waals surface area contributed by atoms with E-state index in [-0.39, 0.29) is 0 Å². The minimum Gasteiger partial charge on any atom is -0.346 e. The van der Waals surface area contributed by atoms with Crippen LogP contribution in [-0.2, 0) is 12.8 Å². The van der Waals surface area contributed by atoms with Crippen LogP contribution in [0, 0.1) is 6.92 Å². The average molecular weight is 451 g/mol. The first-order chi connectivity index (χ1) is 16.2. The lowest BCUT2D eigenvalue weighted by atomic mass is 10.1. The van der Waals surface area contributed by atoms with Gasteiger partial charge in [-0.2, -0.15) is 4.98 Å². The van der Waals surface area contributed by atoms with E-state index in [0.29, 0.717) is 5.95 Å². The van der Waals surface area contributed by atoms with Crippen LogP contribution < -0.4 is 5.32 Å². The van der Waals surface area contributed by atoms with Gasteiger partial charge in [0.25, 0.3) is 0 Å². The molecule has 0 bridgehead atoms. The summed E-state index contributed by atoms with van der Waals surface area (Å²) in [5.74, 6) is 1.60. The third-order valence-electron chi connectivity index (χ3n) is 5.68. The lowest BCUT2D eigenvalue weighted by Gasteiger charge is -2.08. The number of anilines is 2. The number of benzene rings is 2. The molecule has 3 N–H and O–H groups in total. The second-order valence-corrected chi connectivity index (χ2v) is 9.06. The smallest absolute Gasteiger partial charge is 0.229 e. The van der Waals surface area contributed by atoms with Crippen LogP contribution in [0.5, 0.6) is 0 Å². The van der Waals surface area contributed by atoms with E-state index in [4.69, 9.17) is 4.98 Å². The molecule has 162 valence electrons. The van der Waals surface area contributed by atoms with Crippen molar-refractivity contribution in [3.63, 3.8) is 0 Å². The molecule has 0 aliphatic heterocycles. The molecule has 4 aromatic heterocycles. The SMILES string of the molecule is Cc1csc(-c2nc(Nc3ccc(CCc4nc5ccccc5[nH]4)cc3)nc3[nH]ccc23)c1. The molecule has 6 rings (SSSR count). The van der Waals surface area contributed by atoms with Gasteiger partial charge in [0, 0.05) is 23.7 Å². The van der Waals surface area contributed by atoms with Crippen LogP contribution in [0.3, 0.4) is 0 Å². The number of rotatable bonds is 6. The Balaban J connectivity index is 1.19. The van der Waals surface area contributed by atoms with Crippen molar-refractivity contribution in [3.05, 3.63) is 89.2 Å². The minimum absolute atomic E-state index is 0.584. The number of fused-ring (bicyclic) bond motifs is 2. The quantitative estimate of drug-likeness (QED) is 0.274. The van der Waals surface area contributed by atoms with Crippen molar-refractivity contribution in [2.24, 2.45) is 0 Å². The summed E-state index contributed by atoms with van der Waals surface area (Å²) < 4.78 is 0. The Kier molecular flexibility index (Phi) is 4.88. The average Bonchev–Trinajstić information content (AvgIpc) is 3.57. The first-order valence-electron chi connectivity index (χ1n) is 10.9. The van der Waals surface area contributed by atoms with Crippen molar-refractivity contribution in [1.29, 1.82) is 0 Å². The van der Waals surface area contributed by atoms with E-state index in [9.17, 15) is 0 Å². The zero-order chi connectivity index (χ0) is 22.2. The number of aromatic amines is 2. The maximum atomic E-state index is 4.83. The molecule has 0 saturated heterocycles. The number of H-pyrrole nitrogens is 2. The van der Waals surface area contributed by atoms with E-state index in [2.05, 4.69) is 74.0 Å². The van der Waals surface area contributed by atoms with Crippen molar-refractivity contribution in [2.75, 3.05) is 5.32 Å². The Morgan fingerprint density at radius 2 is 1.82 bits per heavy atom. The summed E-state index contributed by atoms with van der Waals surface area (Å²) >= 11 is 1.70. The van der Waals surface area contributed by atoms with Crippen LogP contribution in [0.2, 0.25) is 0 Å². The Bertz CT molecular complexity index is 1520. The van der Waals surface area contributed by atoms with Gasteiger partial charge in [0.15, 0.2) is 0 Å². The van der Waals surface area contributed by atoms with E-state index in [1.807, 2.05) is 30.5 Å². The van der Waals surface area contributed by atoms with Crippen molar-refractivity contribution in [1.82, 2.24) is 24.9 Å². The molecule has 0 aliphatic rings. The molecule has 0 amide bonds. The summed E-state index contributed by atoms with van der Waals surface area (Å²) in [6.07, 6.45) is 3.70. The minimum atomic E-state index is 0.584. The van der Waals surface area contributed by atoms with E-state index in [1.54, 1.807) is 11.3 Å². The summed E-state index contributed by atoms with van der Waals surface area (Å²) in [6, 6.07) is 20.8. The van der Waals surface area contributed by atoms with Crippen LogP contribution in [0.25, 0.3) is 32.6 Å². The normalized spacial score (nSPS) is 11.4. The zero-order valence-corrected chi connectivity index (χ0v) is 18.9. The topological polar surface area (TPSA) is 82.3 Å². The Hall–Kier alpha value is -3.97. The number of hydrogen-bond acceptors (Lipinski definition) is 5. The molecule has 0 spiro atoms. The molecule has 6 nitrogen and oxygen atoms in total. The molecule has 6 aromatic rings. The number of imidazole rings is 1. The number of nitrogens with zero attached hydrogens (tertiary/aromatic N) is 3. The van der Waals surface area contributed by atoms with Gasteiger partial charge < -0.3 is 15.3 Å². The van der Waals surface area contributed by atoms with Crippen LogP contribution in [0.1, 0.15) is 17.0 Å². The van der Waals surface area contributed by atoms with Gasteiger partial charge in [0.2, 0.25) is 5.95 Å². The summed E-state index contributed by atoms with van der Waals surface area (Å²) in [5.41, 5.74) is 7.34. The fraction of sp³-hybridized carbons (Fsp3) is 0.115. The molecule has 0 radical (unpaired) electrons. The largest absolute Gasteiger partial charge is 0.346 e. The summed E-state index contributed by atoms with van der Waals surface area (Å²) in [4.78, 5) is 21.9. The highest BCUT2D eigenvalue weighted by Gasteiger charge is 2.12. The molecule has 0 fully saturated rings. The summed E-state index contributed by atoms with van der Waals surface area (Å²) in [5, 5.41) is 6.54. The van der Waals surface area contributed by atoms with Gasteiger partial charge in [-0.05, 0) is 66.2 Å². The molecule has 33 heavy (non-hydrogen) atoms. The van der Waals surface area contributed by atoms with Gasteiger partial charge in [0.1, 0.15) is 11.5 Å². The van der Waals surface area contributed by atoms with Crippen molar-refractivity contribution in [3.8, 4) is 10.6 Å². The van der Waals surface area contributed by atoms with Crippen molar-refractivity contribution < 1.29 is 0 Å². The third kappa shape index (κ3) is 3.99. The molecule has 4 heterocycles. The third-order valence-corrected chi connectivity index (χ3v) is 6.73. The fourth-order valence-corrected chi connectivity index (χ4v) is 4.91. The second-order valence-electron chi connectivity index (χ2n) is 8.15. The van der Waals surface area contributed by atoms with Gasteiger partial charge in [-0.15, -0.1) is 11.3 Å². The first kappa shape index (κ1) is 19.7. The number of aromatic nitrogens is 5. The molecular weight excluding hydrogens is 428 g/mol. The number of thiophene rings is 1. The second kappa shape index (κ2) is 8.18. The highest BCUT2D eigenvalue weighted by molar-refractivity contribution is 7.13. The first-order valence-corrected chi connectivity index (χ1v) is 11.8. The Morgan fingerprint density at radius 3 is 2.64 bits per heavy atom.